The predicted octanol–water partition coefficient (Wildman–Crippen LogP) is 2.12. The van der Waals surface area contributed by atoms with E-state index in [0.29, 0.717) is 6.04 Å². The molecule has 0 aliphatic carbocycles. The van der Waals surface area contributed by atoms with Gasteiger partial charge in [0.2, 0.25) is 0 Å². The second-order valence-electron chi connectivity index (χ2n) is 3.02. The molecule has 64 valence electrons. The van der Waals surface area contributed by atoms with Crippen LogP contribution in [-0.2, 0) is 0 Å². The number of thioether (sulfide) groups is 1. The van der Waals surface area contributed by atoms with Gasteiger partial charge in [-0.1, -0.05) is 11.6 Å². The lowest BCUT2D eigenvalue weighted by Gasteiger charge is -2.18. The van der Waals surface area contributed by atoms with Crippen molar-refractivity contribution >= 4 is 23.4 Å². The largest absolute Gasteiger partial charge is 0.351 e. The molecular weight excluding hydrogens is 190 g/mol. The highest BCUT2D eigenvalue weighted by molar-refractivity contribution is 7.99. The molecular formula is C9H11ClNS+. The number of hydrogen-bond donors (Lipinski definition) is 1. The first kappa shape index (κ1) is 8.42. The first-order valence-electron chi connectivity index (χ1n) is 4.02. The van der Waals surface area contributed by atoms with Crippen LogP contribution in [0.1, 0.15) is 18.0 Å². The summed E-state index contributed by atoms with van der Waals surface area (Å²) in [6.07, 6.45) is 1.16. The lowest BCUT2D eigenvalue weighted by Crippen LogP contribution is -2.54. The number of rotatable bonds is 0. The Balaban J connectivity index is 2.47. The third-order valence-electron chi connectivity index (χ3n) is 2.14. The number of hydrogen-bond acceptors (Lipinski definition) is 1. The summed E-state index contributed by atoms with van der Waals surface area (Å²) in [7, 11) is 0. The smallest absolute Gasteiger partial charge is 0.112 e. The van der Waals surface area contributed by atoms with Gasteiger partial charge in [-0.2, -0.15) is 0 Å². The Morgan fingerprint density at radius 1 is 1.50 bits per heavy atom. The molecule has 0 unspecified atom stereocenters. The van der Waals surface area contributed by atoms with Crippen molar-refractivity contribution < 1.29 is 5.73 Å². The Morgan fingerprint density at radius 2 is 2.33 bits per heavy atom. The van der Waals surface area contributed by atoms with Crippen LogP contribution in [0.5, 0.6) is 0 Å². The van der Waals surface area contributed by atoms with Crippen LogP contribution in [0.25, 0.3) is 0 Å². The van der Waals surface area contributed by atoms with E-state index in [9.17, 15) is 0 Å². The highest BCUT2D eigenvalue weighted by Gasteiger charge is 2.19. The zero-order chi connectivity index (χ0) is 8.55. The topological polar surface area (TPSA) is 27.6 Å². The molecule has 1 aromatic carbocycles. The Kier molecular flexibility index (Phi) is 2.31. The maximum absolute atomic E-state index is 5.90. The maximum atomic E-state index is 5.90. The minimum atomic E-state index is 0.431. The fourth-order valence-electron chi connectivity index (χ4n) is 1.44. The quantitative estimate of drug-likeness (QED) is 0.683. The van der Waals surface area contributed by atoms with Gasteiger partial charge in [-0.05, 0) is 18.2 Å². The van der Waals surface area contributed by atoms with Crippen molar-refractivity contribution in [3.8, 4) is 0 Å². The van der Waals surface area contributed by atoms with E-state index in [1.165, 1.54) is 16.2 Å². The fourth-order valence-corrected chi connectivity index (χ4v) is 2.80. The summed E-state index contributed by atoms with van der Waals surface area (Å²) >= 11 is 7.81. The summed E-state index contributed by atoms with van der Waals surface area (Å²) in [5.41, 5.74) is 5.43. The van der Waals surface area contributed by atoms with Crippen LogP contribution in [0.3, 0.4) is 0 Å². The summed E-state index contributed by atoms with van der Waals surface area (Å²) in [5, 5.41) is 0.824. The van der Waals surface area contributed by atoms with E-state index < -0.39 is 0 Å². The first-order valence-corrected chi connectivity index (χ1v) is 5.39. The molecule has 2 rings (SSSR count). The zero-order valence-electron chi connectivity index (χ0n) is 6.72. The molecule has 0 bridgehead atoms. The minimum absolute atomic E-state index is 0.431. The van der Waals surface area contributed by atoms with Crippen LogP contribution in [0, 0.1) is 0 Å². The molecule has 1 heterocycles. The number of benzene rings is 1. The summed E-state index contributed by atoms with van der Waals surface area (Å²) in [6, 6.07) is 6.52. The first-order chi connectivity index (χ1) is 5.77. The molecule has 0 amide bonds. The summed E-state index contributed by atoms with van der Waals surface area (Å²) in [6.45, 7) is 0. The van der Waals surface area contributed by atoms with Crippen molar-refractivity contribution in [2.45, 2.75) is 17.4 Å². The Labute approximate surface area is 81.3 Å². The van der Waals surface area contributed by atoms with Gasteiger partial charge in [0.05, 0.1) is 0 Å². The van der Waals surface area contributed by atoms with E-state index >= 15 is 0 Å². The van der Waals surface area contributed by atoms with E-state index in [4.69, 9.17) is 11.6 Å². The number of halogens is 1. The highest BCUT2D eigenvalue weighted by Crippen LogP contribution is 2.35. The predicted molar refractivity (Wildman–Crippen MR) is 52.4 cm³/mol. The summed E-state index contributed by atoms with van der Waals surface area (Å²) in [4.78, 5) is 1.35. The lowest BCUT2D eigenvalue weighted by molar-refractivity contribution is -0.427. The van der Waals surface area contributed by atoms with E-state index in [0.717, 1.165) is 11.4 Å². The Bertz CT molecular complexity index is 301. The van der Waals surface area contributed by atoms with Crippen molar-refractivity contribution in [3.05, 3.63) is 28.8 Å². The van der Waals surface area contributed by atoms with Crippen molar-refractivity contribution in [2.75, 3.05) is 5.75 Å². The lowest BCUT2D eigenvalue weighted by atomic mass is 10.1. The molecule has 1 aromatic rings. The highest BCUT2D eigenvalue weighted by atomic mass is 35.5. The van der Waals surface area contributed by atoms with Crippen LogP contribution >= 0.6 is 23.4 Å². The standard InChI is InChI=1S/C9H10ClNS/c10-6-1-2-9-7(5-6)8(11)3-4-12-9/h1-2,5,8H,3-4,11H2/p+1/t8-/m1/s1. The molecule has 3 N–H and O–H groups in total. The van der Waals surface area contributed by atoms with Crippen molar-refractivity contribution in [1.29, 1.82) is 0 Å². The Hall–Kier alpha value is -0.180. The monoisotopic (exact) mass is 200 g/mol. The van der Waals surface area contributed by atoms with Crippen LogP contribution < -0.4 is 5.73 Å². The molecule has 0 aromatic heterocycles. The van der Waals surface area contributed by atoms with E-state index in [1.807, 2.05) is 23.9 Å². The van der Waals surface area contributed by atoms with E-state index in [1.54, 1.807) is 0 Å². The third-order valence-corrected chi connectivity index (χ3v) is 3.49. The van der Waals surface area contributed by atoms with E-state index in [2.05, 4.69) is 11.8 Å². The fraction of sp³-hybridized carbons (Fsp3) is 0.333. The molecule has 1 nitrogen and oxygen atoms in total. The maximum Gasteiger partial charge on any atom is 0.112 e. The van der Waals surface area contributed by atoms with Gasteiger partial charge in [0.1, 0.15) is 6.04 Å². The molecule has 0 fully saturated rings. The van der Waals surface area contributed by atoms with Crippen molar-refractivity contribution in [1.82, 2.24) is 0 Å². The normalized spacial score (nSPS) is 22.0. The van der Waals surface area contributed by atoms with E-state index in [-0.39, 0.29) is 0 Å². The molecule has 1 atom stereocenters. The molecule has 0 saturated heterocycles. The molecule has 12 heavy (non-hydrogen) atoms. The van der Waals surface area contributed by atoms with Gasteiger partial charge in [-0.15, -0.1) is 11.8 Å². The van der Waals surface area contributed by atoms with Gasteiger partial charge < -0.3 is 5.73 Å². The average molecular weight is 201 g/mol. The van der Waals surface area contributed by atoms with Crippen LogP contribution in [0.2, 0.25) is 5.02 Å². The molecule has 0 spiro atoms. The van der Waals surface area contributed by atoms with Gasteiger partial charge in [0, 0.05) is 27.7 Å². The third kappa shape index (κ3) is 1.47. The van der Waals surface area contributed by atoms with Crippen LogP contribution in [0.4, 0.5) is 0 Å². The molecule has 0 saturated carbocycles. The van der Waals surface area contributed by atoms with Gasteiger partial charge in [-0.25, -0.2) is 0 Å². The number of fused-ring (bicyclic) bond motifs is 1. The Morgan fingerprint density at radius 3 is 3.17 bits per heavy atom. The SMILES string of the molecule is [NH3+][C@@H]1CCSc2ccc(Cl)cc21. The summed E-state index contributed by atoms with van der Waals surface area (Å²) in [5.74, 6) is 1.18. The van der Waals surface area contributed by atoms with Crippen LogP contribution in [-0.4, -0.2) is 5.75 Å². The second kappa shape index (κ2) is 3.29. The average Bonchev–Trinajstić information content (AvgIpc) is 2.07. The molecule has 0 radical (unpaired) electrons. The molecule has 1 aliphatic heterocycles. The zero-order valence-corrected chi connectivity index (χ0v) is 8.29. The number of quaternary nitrogens is 1. The van der Waals surface area contributed by atoms with Gasteiger partial charge in [0.15, 0.2) is 0 Å². The second-order valence-corrected chi connectivity index (χ2v) is 4.59. The van der Waals surface area contributed by atoms with Gasteiger partial charge in [0.25, 0.3) is 0 Å². The minimum Gasteiger partial charge on any atom is -0.351 e. The molecule has 1 aliphatic rings. The summed E-state index contributed by atoms with van der Waals surface area (Å²) < 4.78 is 0. The van der Waals surface area contributed by atoms with Crippen molar-refractivity contribution in [3.63, 3.8) is 0 Å². The van der Waals surface area contributed by atoms with Crippen LogP contribution in [0.15, 0.2) is 23.1 Å². The van der Waals surface area contributed by atoms with Gasteiger partial charge >= 0.3 is 0 Å². The van der Waals surface area contributed by atoms with Crippen molar-refractivity contribution in [2.24, 2.45) is 0 Å². The molecule has 3 heteroatoms. The van der Waals surface area contributed by atoms with Gasteiger partial charge in [-0.3, -0.25) is 0 Å².